The third-order valence-corrected chi connectivity index (χ3v) is 10.7. The average Bonchev–Trinajstić information content (AvgIpc) is 3.44. The Balaban J connectivity index is 1.32. The molecule has 52 heavy (non-hydrogen) atoms. The quantitative estimate of drug-likeness (QED) is 0.164. The standard InChI is InChI=1S/C51H39N/c1-51(2)47-30-15-14-27-44(47)45-33-32-41(35-48(45)51)52(40-24-10-5-11-25-40)49-31-17-29-43(39-23-16-22-38(34-39)36-18-6-3-7-19-36)50(49)46-28-13-12-26-42(46)37-20-8-4-9-21-37/h3-35H,1-2H3. The van der Waals surface area contributed by atoms with Crippen molar-refractivity contribution in [1.29, 1.82) is 0 Å². The van der Waals surface area contributed by atoms with E-state index in [2.05, 4.69) is 219 Å². The van der Waals surface area contributed by atoms with Crippen molar-refractivity contribution in [1.82, 2.24) is 0 Å². The number of para-hydroxylation sites is 1. The van der Waals surface area contributed by atoms with E-state index in [0.29, 0.717) is 0 Å². The van der Waals surface area contributed by atoms with Crippen molar-refractivity contribution in [2.75, 3.05) is 4.90 Å². The number of rotatable bonds is 7. The molecule has 1 aliphatic carbocycles. The van der Waals surface area contributed by atoms with Crippen LogP contribution in [0.4, 0.5) is 17.1 Å². The fourth-order valence-corrected chi connectivity index (χ4v) is 8.15. The predicted octanol–water partition coefficient (Wildman–Crippen LogP) is 14.1. The number of fused-ring (bicyclic) bond motifs is 3. The molecule has 0 unspecified atom stereocenters. The van der Waals surface area contributed by atoms with E-state index in [1.54, 1.807) is 0 Å². The van der Waals surface area contributed by atoms with Crippen molar-refractivity contribution >= 4 is 17.1 Å². The second-order valence-corrected chi connectivity index (χ2v) is 14.1. The Morgan fingerprint density at radius 3 is 1.62 bits per heavy atom. The lowest BCUT2D eigenvalue weighted by molar-refractivity contribution is 0.660. The lowest BCUT2D eigenvalue weighted by atomic mass is 9.82. The Kier molecular flexibility index (Phi) is 7.90. The maximum atomic E-state index is 2.46. The van der Waals surface area contributed by atoms with Gasteiger partial charge in [0.1, 0.15) is 0 Å². The zero-order chi connectivity index (χ0) is 35.1. The molecular formula is C51H39N. The van der Waals surface area contributed by atoms with Gasteiger partial charge in [0.05, 0.1) is 5.69 Å². The molecule has 1 nitrogen and oxygen atoms in total. The van der Waals surface area contributed by atoms with Gasteiger partial charge in [-0.1, -0.05) is 178 Å². The Bertz CT molecular complexity index is 2530. The van der Waals surface area contributed by atoms with E-state index < -0.39 is 0 Å². The summed E-state index contributed by atoms with van der Waals surface area (Å²) >= 11 is 0. The van der Waals surface area contributed by atoms with E-state index in [0.717, 1.165) is 17.1 Å². The second-order valence-electron chi connectivity index (χ2n) is 14.1. The summed E-state index contributed by atoms with van der Waals surface area (Å²) in [4.78, 5) is 2.46. The van der Waals surface area contributed by atoms with Crippen LogP contribution in [-0.4, -0.2) is 0 Å². The predicted molar refractivity (Wildman–Crippen MR) is 220 cm³/mol. The van der Waals surface area contributed by atoms with Crippen LogP contribution in [0.3, 0.4) is 0 Å². The highest BCUT2D eigenvalue weighted by atomic mass is 15.1. The second kappa shape index (κ2) is 13.0. The first kappa shape index (κ1) is 31.5. The summed E-state index contributed by atoms with van der Waals surface area (Å²) in [5.41, 5.74) is 18.2. The highest BCUT2D eigenvalue weighted by Gasteiger charge is 2.36. The minimum absolute atomic E-state index is 0.118. The van der Waals surface area contributed by atoms with E-state index >= 15 is 0 Å². The largest absolute Gasteiger partial charge is 0.310 e. The summed E-state index contributed by atoms with van der Waals surface area (Å²) in [5, 5.41) is 0. The van der Waals surface area contributed by atoms with E-state index in [1.807, 2.05) is 0 Å². The molecule has 0 saturated carbocycles. The van der Waals surface area contributed by atoms with Gasteiger partial charge < -0.3 is 4.90 Å². The van der Waals surface area contributed by atoms with Gasteiger partial charge in [-0.2, -0.15) is 0 Å². The molecule has 248 valence electrons. The molecule has 0 heterocycles. The average molecular weight is 666 g/mol. The molecule has 8 aromatic carbocycles. The molecule has 0 spiro atoms. The van der Waals surface area contributed by atoms with Crippen LogP contribution >= 0.6 is 0 Å². The summed E-state index contributed by atoms with van der Waals surface area (Å²) in [6, 6.07) is 72.9. The zero-order valence-electron chi connectivity index (χ0n) is 29.5. The van der Waals surface area contributed by atoms with Crippen LogP contribution in [0.5, 0.6) is 0 Å². The van der Waals surface area contributed by atoms with E-state index in [4.69, 9.17) is 0 Å². The fourth-order valence-electron chi connectivity index (χ4n) is 8.15. The van der Waals surface area contributed by atoms with Crippen LogP contribution in [-0.2, 0) is 5.41 Å². The van der Waals surface area contributed by atoms with Crippen molar-refractivity contribution in [3.63, 3.8) is 0 Å². The maximum absolute atomic E-state index is 2.46. The van der Waals surface area contributed by atoms with Crippen molar-refractivity contribution in [3.8, 4) is 55.6 Å². The minimum Gasteiger partial charge on any atom is -0.310 e. The Morgan fingerprint density at radius 2 is 0.865 bits per heavy atom. The number of anilines is 3. The maximum Gasteiger partial charge on any atom is 0.0546 e. The summed E-state index contributed by atoms with van der Waals surface area (Å²) < 4.78 is 0. The van der Waals surface area contributed by atoms with Gasteiger partial charge in [-0.25, -0.2) is 0 Å². The smallest absolute Gasteiger partial charge is 0.0546 e. The van der Waals surface area contributed by atoms with Gasteiger partial charge in [0.15, 0.2) is 0 Å². The molecule has 1 aliphatic rings. The molecule has 9 rings (SSSR count). The van der Waals surface area contributed by atoms with Crippen molar-refractivity contribution in [3.05, 3.63) is 211 Å². The summed E-state index contributed by atoms with van der Waals surface area (Å²) in [7, 11) is 0. The molecule has 0 radical (unpaired) electrons. The topological polar surface area (TPSA) is 3.24 Å². The summed E-state index contributed by atoms with van der Waals surface area (Å²) in [6.45, 7) is 4.71. The summed E-state index contributed by atoms with van der Waals surface area (Å²) in [5.74, 6) is 0. The van der Waals surface area contributed by atoms with Crippen LogP contribution in [0.2, 0.25) is 0 Å². The summed E-state index contributed by atoms with van der Waals surface area (Å²) in [6.07, 6.45) is 0. The van der Waals surface area contributed by atoms with Crippen LogP contribution in [0.1, 0.15) is 25.0 Å². The van der Waals surface area contributed by atoms with Gasteiger partial charge in [0.25, 0.3) is 0 Å². The first-order valence-electron chi connectivity index (χ1n) is 18.1. The third-order valence-electron chi connectivity index (χ3n) is 10.7. The Labute approximate surface area is 307 Å². The fraction of sp³-hybridized carbons (Fsp3) is 0.0588. The van der Waals surface area contributed by atoms with Gasteiger partial charge in [-0.3, -0.25) is 0 Å². The number of nitrogens with zero attached hydrogens (tertiary/aromatic N) is 1. The Hall–Kier alpha value is -6.44. The van der Waals surface area contributed by atoms with Gasteiger partial charge in [-0.05, 0) is 97.6 Å². The number of hydrogen-bond acceptors (Lipinski definition) is 1. The molecule has 0 bridgehead atoms. The molecule has 0 aromatic heterocycles. The normalized spacial score (nSPS) is 12.6. The van der Waals surface area contributed by atoms with Crippen molar-refractivity contribution < 1.29 is 0 Å². The first-order chi connectivity index (χ1) is 25.6. The SMILES string of the molecule is CC1(C)c2ccccc2-c2ccc(N(c3ccccc3)c3cccc(-c4cccc(-c5ccccc5)c4)c3-c3ccccc3-c3ccccc3)cc21. The van der Waals surface area contributed by atoms with Gasteiger partial charge in [0, 0.05) is 22.4 Å². The van der Waals surface area contributed by atoms with Crippen molar-refractivity contribution in [2.45, 2.75) is 19.3 Å². The molecule has 0 fully saturated rings. The molecule has 0 aliphatic heterocycles. The molecule has 0 atom stereocenters. The molecule has 1 heteroatoms. The minimum atomic E-state index is -0.118. The zero-order valence-corrected chi connectivity index (χ0v) is 29.5. The van der Waals surface area contributed by atoms with Crippen LogP contribution in [0.25, 0.3) is 55.6 Å². The van der Waals surface area contributed by atoms with Crippen molar-refractivity contribution in [2.24, 2.45) is 0 Å². The third kappa shape index (κ3) is 5.43. The molecule has 0 N–H and O–H groups in total. The van der Waals surface area contributed by atoms with Crippen LogP contribution < -0.4 is 4.90 Å². The van der Waals surface area contributed by atoms with E-state index in [-0.39, 0.29) is 5.41 Å². The Morgan fingerprint density at radius 1 is 0.327 bits per heavy atom. The molecular weight excluding hydrogens is 627 g/mol. The number of benzene rings is 8. The lowest BCUT2D eigenvalue weighted by Gasteiger charge is -2.31. The lowest BCUT2D eigenvalue weighted by Crippen LogP contribution is -2.17. The first-order valence-corrected chi connectivity index (χ1v) is 18.1. The number of hydrogen-bond donors (Lipinski definition) is 0. The monoisotopic (exact) mass is 665 g/mol. The van der Waals surface area contributed by atoms with E-state index in [9.17, 15) is 0 Å². The van der Waals surface area contributed by atoms with Crippen LogP contribution in [0, 0.1) is 0 Å². The van der Waals surface area contributed by atoms with Gasteiger partial charge in [-0.15, -0.1) is 0 Å². The van der Waals surface area contributed by atoms with Gasteiger partial charge >= 0.3 is 0 Å². The highest BCUT2D eigenvalue weighted by molar-refractivity contribution is 6.01. The van der Waals surface area contributed by atoms with Crippen LogP contribution in [0.15, 0.2) is 200 Å². The highest BCUT2D eigenvalue weighted by Crippen LogP contribution is 2.52. The molecule has 8 aromatic rings. The molecule has 0 saturated heterocycles. The van der Waals surface area contributed by atoms with Gasteiger partial charge in [0.2, 0.25) is 0 Å². The van der Waals surface area contributed by atoms with E-state index in [1.165, 1.54) is 66.8 Å². The molecule has 0 amide bonds.